The molecule has 26 heavy (non-hydrogen) atoms. The molecule has 3 aromatic rings. The molecule has 1 aromatic heterocycles. The van der Waals surface area contributed by atoms with Gasteiger partial charge in [0.1, 0.15) is 0 Å². The fourth-order valence-corrected chi connectivity index (χ4v) is 4.69. The molecule has 0 atom stereocenters. The average molecular weight is 371 g/mol. The Morgan fingerprint density at radius 3 is 2.31 bits per heavy atom. The molecule has 0 saturated carbocycles. The van der Waals surface area contributed by atoms with Crippen LogP contribution in [0.1, 0.15) is 34.0 Å². The quantitative estimate of drug-likeness (QED) is 0.739. The Hall–Kier alpha value is -2.67. The fraction of sp³-hybridized carbons (Fsp3) is 0.263. The Morgan fingerprint density at radius 2 is 1.69 bits per heavy atom. The SMILES string of the molecule is Cc1cc(C)c(S(=O)(=O)Nc2ccccc2Cc2nc(C)no2)c(C)c1. The van der Waals surface area contributed by atoms with Crippen LogP contribution in [0.2, 0.25) is 0 Å². The van der Waals surface area contributed by atoms with E-state index < -0.39 is 10.0 Å². The Balaban J connectivity index is 1.96. The highest BCUT2D eigenvalue weighted by atomic mass is 32.2. The minimum Gasteiger partial charge on any atom is -0.339 e. The highest BCUT2D eigenvalue weighted by molar-refractivity contribution is 7.92. The molecular formula is C19H21N3O3S. The molecule has 0 aliphatic rings. The standard InChI is InChI=1S/C19H21N3O3S/c1-12-9-13(2)19(14(3)10-12)26(23,24)22-17-8-6-5-7-16(17)11-18-20-15(4)21-25-18/h5-10,22H,11H2,1-4H3. The molecule has 0 saturated heterocycles. The molecule has 0 amide bonds. The zero-order valence-electron chi connectivity index (χ0n) is 15.2. The van der Waals surface area contributed by atoms with Crippen LogP contribution >= 0.6 is 0 Å². The van der Waals surface area contributed by atoms with Gasteiger partial charge in [-0.15, -0.1) is 0 Å². The Kier molecular flexibility index (Phi) is 4.82. The van der Waals surface area contributed by atoms with Crippen LogP contribution in [0.5, 0.6) is 0 Å². The van der Waals surface area contributed by atoms with Gasteiger partial charge in [-0.05, 0) is 50.5 Å². The summed E-state index contributed by atoms with van der Waals surface area (Å²) in [7, 11) is -3.72. The maximum Gasteiger partial charge on any atom is 0.262 e. The number of aryl methyl sites for hydroxylation is 4. The normalized spacial score (nSPS) is 11.5. The topological polar surface area (TPSA) is 85.1 Å². The Bertz CT molecular complexity index is 1030. The largest absolute Gasteiger partial charge is 0.339 e. The van der Waals surface area contributed by atoms with Crippen molar-refractivity contribution in [2.75, 3.05) is 4.72 Å². The van der Waals surface area contributed by atoms with Gasteiger partial charge in [-0.25, -0.2) is 8.42 Å². The Morgan fingerprint density at radius 1 is 1.04 bits per heavy atom. The van der Waals surface area contributed by atoms with Gasteiger partial charge in [-0.2, -0.15) is 4.98 Å². The maximum absolute atomic E-state index is 13.0. The lowest BCUT2D eigenvalue weighted by atomic mass is 10.1. The van der Waals surface area contributed by atoms with Crippen LogP contribution in [-0.4, -0.2) is 18.6 Å². The third-order valence-electron chi connectivity index (χ3n) is 4.05. The Labute approximate surface area is 153 Å². The van der Waals surface area contributed by atoms with Crippen LogP contribution in [0.15, 0.2) is 45.8 Å². The van der Waals surface area contributed by atoms with Gasteiger partial charge in [0.05, 0.1) is 17.0 Å². The lowest BCUT2D eigenvalue weighted by Crippen LogP contribution is -2.17. The van der Waals surface area contributed by atoms with Crippen molar-refractivity contribution in [2.24, 2.45) is 0 Å². The molecule has 0 aliphatic carbocycles. The highest BCUT2D eigenvalue weighted by Crippen LogP contribution is 2.26. The zero-order valence-corrected chi connectivity index (χ0v) is 16.0. The van der Waals surface area contributed by atoms with Gasteiger partial charge in [0.15, 0.2) is 5.82 Å². The number of para-hydroxylation sites is 1. The molecule has 7 heteroatoms. The first-order valence-corrected chi connectivity index (χ1v) is 9.72. The first-order chi connectivity index (χ1) is 12.3. The molecule has 3 rings (SSSR count). The molecule has 1 N–H and O–H groups in total. The van der Waals surface area contributed by atoms with Gasteiger partial charge in [0.25, 0.3) is 10.0 Å². The van der Waals surface area contributed by atoms with E-state index in [4.69, 9.17) is 4.52 Å². The van der Waals surface area contributed by atoms with Gasteiger partial charge >= 0.3 is 0 Å². The number of hydrogen-bond donors (Lipinski definition) is 1. The van der Waals surface area contributed by atoms with Crippen molar-refractivity contribution in [2.45, 2.75) is 39.0 Å². The molecule has 0 bridgehead atoms. The average Bonchev–Trinajstić information content (AvgIpc) is 2.92. The molecule has 0 unspecified atom stereocenters. The molecule has 0 radical (unpaired) electrons. The van der Waals surface area contributed by atoms with E-state index in [1.165, 1.54) is 0 Å². The number of nitrogens with one attached hydrogen (secondary N) is 1. The third kappa shape index (κ3) is 3.77. The van der Waals surface area contributed by atoms with Crippen molar-refractivity contribution in [3.8, 4) is 0 Å². The molecular weight excluding hydrogens is 350 g/mol. The maximum atomic E-state index is 13.0. The van der Waals surface area contributed by atoms with Gasteiger partial charge < -0.3 is 4.52 Å². The predicted octanol–water partition coefficient (Wildman–Crippen LogP) is 3.69. The van der Waals surface area contributed by atoms with Crippen molar-refractivity contribution in [3.05, 3.63) is 70.4 Å². The van der Waals surface area contributed by atoms with Crippen LogP contribution in [0, 0.1) is 27.7 Å². The fourth-order valence-electron chi connectivity index (χ4n) is 3.14. The van der Waals surface area contributed by atoms with Crippen molar-refractivity contribution in [1.82, 2.24) is 10.1 Å². The lowest BCUT2D eigenvalue weighted by Gasteiger charge is -2.15. The molecule has 2 aromatic carbocycles. The molecule has 0 aliphatic heterocycles. The van der Waals surface area contributed by atoms with E-state index in [2.05, 4.69) is 14.9 Å². The summed E-state index contributed by atoms with van der Waals surface area (Å²) in [5.41, 5.74) is 3.75. The second-order valence-corrected chi connectivity index (χ2v) is 8.02. The van der Waals surface area contributed by atoms with Crippen LogP contribution in [-0.2, 0) is 16.4 Å². The van der Waals surface area contributed by atoms with Crippen molar-refractivity contribution >= 4 is 15.7 Å². The number of benzene rings is 2. The van der Waals surface area contributed by atoms with Crippen LogP contribution < -0.4 is 4.72 Å². The van der Waals surface area contributed by atoms with Gasteiger partial charge in [-0.3, -0.25) is 4.72 Å². The van der Waals surface area contributed by atoms with Crippen LogP contribution in [0.3, 0.4) is 0 Å². The van der Waals surface area contributed by atoms with E-state index >= 15 is 0 Å². The summed E-state index contributed by atoms with van der Waals surface area (Å²) in [5.74, 6) is 0.987. The smallest absolute Gasteiger partial charge is 0.262 e. The van der Waals surface area contributed by atoms with E-state index in [0.717, 1.165) is 22.3 Å². The first-order valence-electron chi connectivity index (χ1n) is 8.24. The number of nitrogens with zero attached hydrogens (tertiary/aromatic N) is 2. The summed E-state index contributed by atoms with van der Waals surface area (Å²) >= 11 is 0. The predicted molar refractivity (Wildman–Crippen MR) is 99.7 cm³/mol. The molecule has 6 nitrogen and oxygen atoms in total. The van der Waals surface area contributed by atoms with E-state index in [1.807, 2.05) is 45.0 Å². The van der Waals surface area contributed by atoms with E-state index in [0.29, 0.717) is 28.7 Å². The minimum absolute atomic E-state index is 0.312. The van der Waals surface area contributed by atoms with Crippen molar-refractivity contribution < 1.29 is 12.9 Å². The second kappa shape index (κ2) is 6.92. The highest BCUT2D eigenvalue weighted by Gasteiger charge is 2.21. The molecule has 0 fully saturated rings. The van der Waals surface area contributed by atoms with Crippen LogP contribution in [0.25, 0.3) is 0 Å². The molecule has 1 heterocycles. The van der Waals surface area contributed by atoms with Gasteiger partial charge in [0.2, 0.25) is 5.89 Å². The summed E-state index contributed by atoms with van der Waals surface area (Å²) < 4.78 is 33.9. The van der Waals surface area contributed by atoms with Crippen molar-refractivity contribution in [1.29, 1.82) is 0 Å². The summed E-state index contributed by atoms with van der Waals surface area (Å²) in [6.45, 7) is 7.30. The summed E-state index contributed by atoms with van der Waals surface area (Å²) in [5, 5.41) is 3.77. The molecule has 136 valence electrons. The number of aromatic nitrogens is 2. The summed E-state index contributed by atoms with van der Waals surface area (Å²) in [6, 6.07) is 10.9. The summed E-state index contributed by atoms with van der Waals surface area (Å²) in [4.78, 5) is 4.50. The van der Waals surface area contributed by atoms with Crippen LogP contribution in [0.4, 0.5) is 5.69 Å². The number of hydrogen-bond acceptors (Lipinski definition) is 5. The second-order valence-electron chi connectivity index (χ2n) is 6.40. The summed E-state index contributed by atoms with van der Waals surface area (Å²) in [6.07, 6.45) is 0.353. The third-order valence-corrected chi connectivity index (χ3v) is 5.72. The number of rotatable bonds is 5. The monoisotopic (exact) mass is 371 g/mol. The lowest BCUT2D eigenvalue weighted by molar-refractivity contribution is 0.381. The van der Waals surface area contributed by atoms with E-state index in [9.17, 15) is 8.42 Å². The zero-order chi connectivity index (χ0) is 18.9. The van der Waals surface area contributed by atoms with Gasteiger partial charge in [-0.1, -0.05) is 41.1 Å². The number of anilines is 1. The molecule has 0 spiro atoms. The van der Waals surface area contributed by atoms with Gasteiger partial charge in [0, 0.05) is 0 Å². The first kappa shape index (κ1) is 18.1. The van der Waals surface area contributed by atoms with E-state index in [1.54, 1.807) is 19.1 Å². The minimum atomic E-state index is -3.72. The van der Waals surface area contributed by atoms with Crippen molar-refractivity contribution in [3.63, 3.8) is 0 Å². The van der Waals surface area contributed by atoms with E-state index in [-0.39, 0.29) is 0 Å². The number of sulfonamides is 1.